The number of hydrogen-bond donors (Lipinski definition) is 3. The number of pyridine rings is 1. The molecule has 8 heteroatoms. The fourth-order valence-corrected chi connectivity index (χ4v) is 5.34. The van der Waals surface area contributed by atoms with Gasteiger partial charge in [0.2, 0.25) is 0 Å². The second kappa shape index (κ2) is 10.8. The molecule has 3 N–H and O–H groups in total. The van der Waals surface area contributed by atoms with Crippen molar-refractivity contribution in [2.75, 3.05) is 13.6 Å². The molecule has 0 radical (unpaired) electrons. The van der Waals surface area contributed by atoms with Crippen LogP contribution >= 0.6 is 0 Å². The molecule has 35 heavy (non-hydrogen) atoms. The lowest BCUT2D eigenvalue weighted by molar-refractivity contribution is -0.117. The molecular weight excluding hydrogens is 438 g/mol. The van der Waals surface area contributed by atoms with Crippen molar-refractivity contribution in [1.82, 2.24) is 24.9 Å². The molecule has 2 heterocycles. The molecule has 0 bridgehead atoms. The van der Waals surface area contributed by atoms with Crippen molar-refractivity contribution in [2.45, 2.75) is 45.7 Å². The van der Waals surface area contributed by atoms with Crippen LogP contribution in [0.2, 0.25) is 0 Å². The molecule has 1 fully saturated rings. The highest BCUT2D eigenvalue weighted by Gasteiger charge is 2.33. The summed E-state index contributed by atoms with van der Waals surface area (Å²) in [6.07, 6.45) is 11.0. The second-order valence-corrected chi connectivity index (χ2v) is 9.88. The number of fused-ring (bicyclic) bond motifs is 1. The maximum absolute atomic E-state index is 10.7. The van der Waals surface area contributed by atoms with Gasteiger partial charge >= 0.3 is 0 Å². The number of benzene rings is 1. The van der Waals surface area contributed by atoms with Gasteiger partial charge < -0.3 is 20.5 Å². The van der Waals surface area contributed by atoms with E-state index in [-0.39, 0.29) is 5.41 Å². The molecule has 0 aliphatic heterocycles. The number of imidazole rings is 1. The zero-order valence-corrected chi connectivity index (χ0v) is 20.4. The largest absolute Gasteiger partial charge is 0.393 e. The molecule has 1 saturated carbocycles. The lowest BCUT2D eigenvalue weighted by atomic mass is 9.70. The van der Waals surface area contributed by atoms with Crippen molar-refractivity contribution < 1.29 is 5.21 Å². The Kier molecular flexibility index (Phi) is 7.59. The molecule has 1 aromatic carbocycles. The third-order valence-corrected chi connectivity index (χ3v) is 6.90. The van der Waals surface area contributed by atoms with E-state index in [9.17, 15) is 10.5 Å². The maximum Gasteiger partial charge on any atom is 0.0992 e. The highest BCUT2D eigenvalue weighted by molar-refractivity contribution is 6.08. The number of hydroxylamine groups is 2. The standard InChI is InChI=1S/C27H33N7O/c1-27(18-33-19-32-25-6-5-20(13-28)10-26(25)33)8-3-4-21(12-27)16-34(35)17-24-11-22(7-9-31-24)23(14-29)15-30-2/h5-7,9-11,14-15,19,21,29-30,35H,3-4,8,12,16-18H2,1-2H3/b23-15+,29-14?/t21?,27-/m0/s1. The van der Waals surface area contributed by atoms with Crippen LogP contribution in [0.5, 0.6) is 0 Å². The van der Waals surface area contributed by atoms with Crippen LogP contribution in [0.25, 0.3) is 16.6 Å². The van der Waals surface area contributed by atoms with Crippen LogP contribution in [-0.4, -0.2) is 44.6 Å². The maximum atomic E-state index is 10.7. The lowest BCUT2D eigenvalue weighted by Crippen LogP contribution is -2.35. The predicted molar refractivity (Wildman–Crippen MR) is 137 cm³/mol. The SMILES string of the molecule is CN/C=C(\C=N)c1ccnc(CN(O)CC2CCC[C@](C)(Cn3cnc4ccc(C#N)cc43)C2)c1. The van der Waals surface area contributed by atoms with Crippen LogP contribution in [0, 0.1) is 28.1 Å². The van der Waals surface area contributed by atoms with Crippen molar-refractivity contribution in [1.29, 1.82) is 10.7 Å². The molecule has 1 aliphatic carbocycles. The second-order valence-electron chi connectivity index (χ2n) is 9.88. The van der Waals surface area contributed by atoms with Gasteiger partial charge in [-0.25, -0.2) is 4.98 Å². The Morgan fingerprint density at radius 3 is 3.00 bits per heavy atom. The van der Waals surface area contributed by atoms with Gasteiger partial charge in [-0.2, -0.15) is 10.3 Å². The summed E-state index contributed by atoms with van der Waals surface area (Å²) in [4.78, 5) is 8.93. The Morgan fingerprint density at radius 2 is 2.23 bits per heavy atom. The fourth-order valence-electron chi connectivity index (χ4n) is 5.34. The van der Waals surface area contributed by atoms with E-state index in [1.54, 1.807) is 25.5 Å². The zero-order chi connectivity index (χ0) is 24.8. The molecule has 4 rings (SSSR count). The first-order chi connectivity index (χ1) is 16.9. The fraction of sp³-hybridized carbons (Fsp3) is 0.407. The van der Waals surface area contributed by atoms with Gasteiger partial charge in [0.1, 0.15) is 0 Å². The van der Waals surface area contributed by atoms with E-state index in [0.717, 1.165) is 60.1 Å². The van der Waals surface area contributed by atoms with Crippen LogP contribution < -0.4 is 5.32 Å². The predicted octanol–water partition coefficient (Wildman–Crippen LogP) is 4.60. The van der Waals surface area contributed by atoms with E-state index >= 15 is 0 Å². The van der Waals surface area contributed by atoms with Gasteiger partial charge in [-0.3, -0.25) is 4.98 Å². The summed E-state index contributed by atoms with van der Waals surface area (Å²) < 4.78 is 2.17. The van der Waals surface area contributed by atoms with Crippen LogP contribution in [0.4, 0.5) is 0 Å². The monoisotopic (exact) mass is 471 g/mol. The molecule has 2 aromatic heterocycles. The number of nitrogens with one attached hydrogen (secondary N) is 2. The number of aromatic nitrogens is 3. The Morgan fingerprint density at radius 1 is 1.37 bits per heavy atom. The van der Waals surface area contributed by atoms with E-state index in [0.29, 0.717) is 24.6 Å². The van der Waals surface area contributed by atoms with E-state index in [2.05, 4.69) is 32.8 Å². The third-order valence-electron chi connectivity index (χ3n) is 6.90. The van der Waals surface area contributed by atoms with Crippen LogP contribution in [-0.2, 0) is 13.1 Å². The highest BCUT2D eigenvalue weighted by atomic mass is 16.5. The molecule has 2 atom stereocenters. The minimum atomic E-state index is 0.0923. The van der Waals surface area contributed by atoms with E-state index in [1.807, 2.05) is 30.6 Å². The first kappa shape index (κ1) is 24.6. The van der Waals surface area contributed by atoms with Crippen molar-refractivity contribution in [3.8, 4) is 6.07 Å². The Labute approximate surface area is 206 Å². The Balaban J connectivity index is 1.40. The average molecular weight is 472 g/mol. The van der Waals surface area contributed by atoms with Crippen molar-refractivity contribution in [3.05, 3.63) is 65.9 Å². The van der Waals surface area contributed by atoms with Crippen LogP contribution in [0.3, 0.4) is 0 Å². The number of nitriles is 1. The third kappa shape index (κ3) is 5.94. The van der Waals surface area contributed by atoms with Gasteiger partial charge in [0.25, 0.3) is 0 Å². The van der Waals surface area contributed by atoms with Crippen molar-refractivity contribution in [3.63, 3.8) is 0 Å². The quantitative estimate of drug-likeness (QED) is 0.310. The lowest BCUT2D eigenvalue weighted by Gasteiger charge is -2.39. The minimum Gasteiger partial charge on any atom is -0.393 e. The molecule has 1 aliphatic rings. The average Bonchev–Trinajstić information content (AvgIpc) is 3.23. The molecule has 1 unspecified atom stereocenters. The smallest absolute Gasteiger partial charge is 0.0992 e. The highest BCUT2D eigenvalue weighted by Crippen LogP contribution is 2.41. The van der Waals surface area contributed by atoms with E-state index in [1.165, 1.54) is 11.3 Å². The van der Waals surface area contributed by atoms with E-state index < -0.39 is 0 Å². The summed E-state index contributed by atoms with van der Waals surface area (Å²) in [5, 5.41) is 32.0. The molecule has 0 amide bonds. The topological polar surface area (TPSA) is 114 Å². The normalized spacial score (nSPS) is 20.7. The molecule has 0 saturated heterocycles. The summed E-state index contributed by atoms with van der Waals surface area (Å²) in [6.45, 7) is 4.09. The minimum absolute atomic E-state index is 0.0923. The van der Waals surface area contributed by atoms with Crippen molar-refractivity contribution >= 4 is 22.8 Å². The van der Waals surface area contributed by atoms with Gasteiger partial charge in [-0.15, -0.1) is 0 Å². The zero-order valence-electron chi connectivity index (χ0n) is 20.4. The summed E-state index contributed by atoms with van der Waals surface area (Å²) in [6, 6.07) is 11.6. The molecule has 0 spiro atoms. The molecule has 3 aromatic rings. The van der Waals surface area contributed by atoms with Gasteiger partial charge in [-0.05, 0) is 66.5 Å². The number of nitrogens with zero attached hydrogens (tertiary/aromatic N) is 5. The Bertz CT molecular complexity index is 1260. The molecule has 182 valence electrons. The molecular formula is C27H33N7O. The summed E-state index contributed by atoms with van der Waals surface area (Å²) >= 11 is 0. The van der Waals surface area contributed by atoms with Gasteiger partial charge in [0.15, 0.2) is 0 Å². The van der Waals surface area contributed by atoms with Crippen molar-refractivity contribution in [2.24, 2.45) is 11.3 Å². The summed E-state index contributed by atoms with van der Waals surface area (Å²) in [5.74, 6) is 0.382. The number of allylic oxidation sites excluding steroid dienone is 1. The van der Waals surface area contributed by atoms with Crippen LogP contribution in [0.15, 0.2) is 49.1 Å². The summed E-state index contributed by atoms with van der Waals surface area (Å²) in [5.41, 5.74) is 5.07. The summed E-state index contributed by atoms with van der Waals surface area (Å²) in [7, 11) is 1.80. The first-order valence-electron chi connectivity index (χ1n) is 12.0. The van der Waals surface area contributed by atoms with E-state index in [4.69, 9.17) is 5.41 Å². The van der Waals surface area contributed by atoms with Gasteiger partial charge in [0, 0.05) is 44.3 Å². The molecule has 8 nitrogen and oxygen atoms in total. The first-order valence-corrected chi connectivity index (χ1v) is 12.0. The van der Waals surface area contributed by atoms with Crippen LogP contribution in [0.1, 0.15) is 49.4 Å². The number of rotatable bonds is 9. The Hall–Kier alpha value is -3.54. The van der Waals surface area contributed by atoms with Gasteiger partial charge in [0.05, 0.1) is 41.2 Å². The number of hydrogen-bond acceptors (Lipinski definition) is 7. The van der Waals surface area contributed by atoms with Gasteiger partial charge in [-0.1, -0.05) is 13.3 Å².